The number of nitrogens with one attached hydrogen (secondary N) is 1. The first-order valence-electron chi connectivity index (χ1n) is 8.45. The number of nitrogens with zero attached hydrogens (tertiary/aromatic N) is 1. The molecule has 5 nitrogen and oxygen atoms in total. The van der Waals surface area contributed by atoms with E-state index in [1.54, 1.807) is 30.3 Å². The van der Waals surface area contributed by atoms with Crippen molar-refractivity contribution in [3.05, 3.63) is 59.7 Å². The normalized spacial score (nSPS) is 11.0. The van der Waals surface area contributed by atoms with Gasteiger partial charge in [-0.15, -0.1) is 0 Å². The van der Waals surface area contributed by atoms with Gasteiger partial charge in [0.25, 0.3) is 5.91 Å². The van der Waals surface area contributed by atoms with Crippen LogP contribution in [0, 0.1) is 11.3 Å². The SMILES string of the molecule is CCOc1cc(C=C(C#N)C(=O)Nc2ccccc2)ccc1OC(C)C. The van der Waals surface area contributed by atoms with Crippen molar-refractivity contribution in [1.29, 1.82) is 5.26 Å². The van der Waals surface area contributed by atoms with E-state index in [0.717, 1.165) is 0 Å². The van der Waals surface area contributed by atoms with E-state index >= 15 is 0 Å². The van der Waals surface area contributed by atoms with Crippen LogP contribution < -0.4 is 14.8 Å². The van der Waals surface area contributed by atoms with Crippen molar-refractivity contribution >= 4 is 17.7 Å². The van der Waals surface area contributed by atoms with Crippen molar-refractivity contribution in [3.8, 4) is 17.6 Å². The summed E-state index contributed by atoms with van der Waals surface area (Å²) in [6.07, 6.45) is 1.54. The molecule has 26 heavy (non-hydrogen) atoms. The predicted octanol–water partition coefficient (Wildman–Crippen LogP) is 4.42. The molecule has 2 aromatic carbocycles. The van der Waals surface area contributed by atoms with Crippen LogP contribution in [0.4, 0.5) is 5.69 Å². The lowest BCUT2D eigenvalue weighted by Gasteiger charge is -2.15. The molecule has 0 aliphatic heterocycles. The lowest BCUT2D eigenvalue weighted by atomic mass is 10.1. The van der Waals surface area contributed by atoms with Gasteiger partial charge in [-0.25, -0.2) is 0 Å². The average molecular weight is 350 g/mol. The summed E-state index contributed by atoms with van der Waals surface area (Å²) in [4.78, 5) is 12.3. The van der Waals surface area contributed by atoms with E-state index in [1.807, 2.05) is 45.0 Å². The van der Waals surface area contributed by atoms with Crippen LogP contribution in [0.5, 0.6) is 11.5 Å². The topological polar surface area (TPSA) is 71.3 Å². The zero-order valence-electron chi connectivity index (χ0n) is 15.2. The number of amides is 1. The molecule has 0 aliphatic carbocycles. The van der Waals surface area contributed by atoms with Crippen molar-refractivity contribution in [3.63, 3.8) is 0 Å². The number of hydrogen-bond donors (Lipinski definition) is 1. The van der Waals surface area contributed by atoms with Gasteiger partial charge in [0, 0.05) is 5.69 Å². The monoisotopic (exact) mass is 350 g/mol. The summed E-state index contributed by atoms with van der Waals surface area (Å²) >= 11 is 0. The Bertz CT molecular complexity index is 821. The molecule has 2 rings (SSSR count). The van der Waals surface area contributed by atoms with E-state index in [-0.39, 0.29) is 11.7 Å². The molecule has 0 saturated heterocycles. The van der Waals surface area contributed by atoms with E-state index in [1.165, 1.54) is 6.08 Å². The summed E-state index contributed by atoms with van der Waals surface area (Å²) in [5.41, 5.74) is 1.33. The van der Waals surface area contributed by atoms with Gasteiger partial charge >= 0.3 is 0 Å². The van der Waals surface area contributed by atoms with Crippen LogP contribution in [-0.4, -0.2) is 18.6 Å². The Morgan fingerprint density at radius 1 is 1.19 bits per heavy atom. The number of carbonyl (C=O) groups is 1. The fourth-order valence-corrected chi connectivity index (χ4v) is 2.27. The number of hydrogen-bond acceptors (Lipinski definition) is 4. The minimum atomic E-state index is -0.459. The molecule has 0 bridgehead atoms. The molecular formula is C21H22N2O3. The van der Waals surface area contributed by atoms with Gasteiger partial charge < -0.3 is 14.8 Å². The second-order valence-electron chi connectivity index (χ2n) is 5.80. The number of carbonyl (C=O) groups excluding carboxylic acids is 1. The summed E-state index contributed by atoms with van der Waals surface area (Å²) in [6.45, 7) is 6.24. The van der Waals surface area contributed by atoms with Gasteiger partial charge in [-0.2, -0.15) is 5.26 Å². The Balaban J connectivity index is 2.26. The van der Waals surface area contributed by atoms with E-state index < -0.39 is 5.91 Å². The summed E-state index contributed by atoms with van der Waals surface area (Å²) in [5, 5.41) is 12.1. The van der Waals surface area contributed by atoms with Crippen LogP contribution >= 0.6 is 0 Å². The zero-order chi connectivity index (χ0) is 18.9. The van der Waals surface area contributed by atoms with Gasteiger partial charge in [-0.3, -0.25) is 4.79 Å². The lowest BCUT2D eigenvalue weighted by Crippen LogP contribution is -2.13. The maximum Gasteiger partial charge on any atom is 0.266 e. The number of anilines is 1. The van der Waals surface area contributed by atoms with Gasteiger partial charge in [0.2, 0.25) is 0 Å². The molecule has 134 valence electrons. The summed E-state index contributed by atoms with van der Waals surface area (Å²) < 4.78 is 11.3. The zero-order valence-corrected chi connectivity index (χ0v) is 15.2. The molecular weight excluding hydrogens is 328 g/mol. The van der Waals surface area contributed by atoms with Crippen LogP contribution in [-0.2, 0) is 4.79 Å². The molecule has 1 N–H and O–H groups in total. The number of benzene rings is 2. The first-order chi connectivity index (χ1) is 12.5. The second-order valence-corrected chi connectivity index (χ2v) is 5.80. The fourth-order valence-electron chi connectivity index (χ4n) is 2.27. The highest BCUT2D eigenvalue weighted by molar-refractivity contribution is 6.09. The van der Waals surface area contributed by atoms with Gasteiger partial charge in [0.15, 0.2) is 11.5 Å². The van der Waals surface area contributed by atoms with Crippen molar-refractivity contribution in [1.82, 2.24) is 0 Å². The fraction of sp³-hybridized carbons (Fsp3) is 0.238. The molecule has 0 heterocycles. The lowest BCUT2D eigenvalue weighted by molar-refractivity contribution is -0.112. The number of ether oxygens (including phenoxy) is 2. The number of rotatable bonds is 7. The Labute approximate surface area is 153 Å². The van der Waals surface area contributed by atoms with Crippen molar-refractivity contribution in [2.45, 2.75) is 26.9 Å². The number of nitriles is 1. The first kappa shape index (κ1) is 19.1. The quantitative estimate of drug-likeness (QED) is 0.593. The van der Waals surface area contributed by atoms with Crippen LogP contribution in [0.2, 0.25) is 0 Å². The van der Waals surface area contributed by atoms with Crippen molar-refractivity contribution in [2.24, 2.45) is 0 Å². The summed E-state index contributed by atoms with van der Waals surface area (Å²) in [6, 6.07) is 16.3. The average Bonchev–Trinajstić information content (AvgIpc) is 2.62. The molecule has 0 aromatic heterocycles. The van der Waals surface area contributed by atoms with Crippen molar-refractivity contribution in [2.75, 3.05) is 11.9 Å². The van der Waals surface area contributed by atoms with Gasteiger partial charge in [0.05, 0.1) is 12.7 Å². The van der Waals surface area contributed by atoms with Gasteiger partial charge in [-0.05, 0) is 56.7 Å². The molecule has 0 atom stereocenters. The summed E-state index contributed by atoms with van der Waals surface area (Å²) in [7, 11) is 0. The molecule has 0 saturated carbocycles. The first-order valence-corrected chi connectivity index (χ1v) is 8.45. The minimum absolute atomic E-state index is 0.00818. The maximum absolute atomic E-state index is 12.3. The molecule has 0 aliphatic rings. The molecule has 2 aromatic rings. The maximum atomic E-state index is 12.3. The third-order valence-corrected chi connectivity index (χ3v) is 3.34. The molecule has 1 amide bonds. The van der Waals surface area contributed by atoms with E-state index in [0.29, 0.717) is 29.4 Å². The molecule has 0 unspecified atom stereocenters. The standard InChI is InChI=1S/C21H22N2O3/c1-4-25-20-13-16(10-11-19(20)26-15(2)3)12-17(14-22)21(24)23-18-8-6-5-7-9-18/h5-13,15H,4H2,1-3H3,(H,23,24). The third-order valence-electron chi connectivity index (χ3n) is 3.34. The van der Waals surface area contributed by atoms with Gasteiger partial charge in [-0.1, -0.05) is 24.3 Å². The van der Waals surface area contributed by atoms with Crippen molar-refractivity contribution < 1.29 is 14.3 Å². The molecule has 0 spiro atoms. The Morgan fingerprint density at radius 2 is 1.92 bits per heavy atom. The second kappa shape index (κ2) is 9.28. The molecule has 5 heteroatoms. The van der Waals surface area contributed by atoms with Gasteiger partial charge in [0.1, 0.15) is 11.6 Å². The van der Waals surface area contributed by atoms with E-state index in [9.17, 15) is 10.1 Å². The minimum Gasteiger partial charge on any atom is -0.490 e. The smallest absolute Gasteiger partial charge is 0.266 e. The highest BCUT2D eigenvalue weighted by Crippen LogP contribution is 2.30. The van der Waals surface area contributed by atoms with Crippen LogP contribution in [0.15, 0.2) is 54.1 Å². The number of para-hydroxylation sites is 1. The Morgan fingerprint density at radius 3 is 2.54 bits per heavy atom. The predicted molar refractivity (Wildman–Crippen MR) is 102 cm³/mol. The Hall–Kier alpha value is -3.26. The highest BCUT2D eigenvalue weighted by Gasteiger charge is 2.12. The van der Waals surface area contributed by atoms with E-state index in [2.05, 4.69) is 5.32 Å². The van der Waals surface area contributed by atoms with Crippen LogP contribution in [0.1, 0.15) is 26.3 Å². The Kier molecular flexibility index (Phi) is 6.81. The van der Waals surface area contributed by atoms with Crippen LogP contribution in [0.25, 0.3) is 6.08 Å². The molecule has 0 radical (unpaired) electrons. The largest absolute Gasteiger partial charge is 0.490 e. The molecule has 0 fully saturated rings. The van der Waals surface area contributed by atoms with Crippen LogP contribution in [0.3, 0.4) is 0 Å². The third kappa shape index (κ3) is 5.38. The summed E-state index contributed by atoms with van der Waals surface area (Å²) in [5.74, 6) is 0.751. The highest BCUT2D eigenvalue weighted by atomic mass is 16.5. The van der Waals surface area contributed by atoms with E-state index in [4.69, 9.17) is 9.47 Å².